The van der Waals surface area contributed by atoms with E-state index in [2.05, 4.69) is 94.7 Å². The van der Waals surface area contributed by atoms with Crippen molar-refractivity contribution in [3.05, 3.63) is 144 Å². The predicted molar refractivity (Wildman–Crippen MR) is 274 cm³/mol. The van der Waals surface area contributed by atoms with Gasteiger partial charge in [0, 0.05) is 17.6 Å². The SMILES string of the molecule is COc1ccc(C(OC[C@H]2O[C@@H](n3cnc4c(NC(=O)c5ccccc5)ncnc43)[C@H](O[Si](C)(C)C(C)(C)C)[C@H]2OP(OCCC#N)N(C(C)C)C(C)C)(c2ccccc2)c2ccc(OC)cc2)cc1. The maximum absolute atomic E-state index is 13.5. The highest BCUT2D eigenvalue weighted by molar-refractivity contribution is 7.44. The molecule has 1 fully saturated rings. The lowest BCUT2D eigenvalue weighted by Gasteiger charge is -2.42. The molecule has 15 nitrogen and oxygen atoms in total. The number of carbonyl (C=O) groups is 1. The minimum absolute atomic E-state index is 0.00377. The average Bonchev–Trinajstić information content (AvgIpc) is 3.93. The van der Waals surface area contributed by atoms with E-state index in [-0.39, 0.29) is 48.5 Å². The summed E-state index contributed by atoms with van der Waals surface area (Å²) in [7, 11) is -1.19. The number of ether oxygens (including phenoxy) is 4. The van der Waals surface area contributed by atoms with E-state index in [0.29, 0.717) is 28.2 Å². The molecule has 370 valence electrons. The van der Waals surface area contributed by atoms with Gasteiger partial charge in [0.2, 0.25) is 0 Å². The Kier molecular flexibility index (Phi) is 16.9. The fourth-order valence-corrected chi connectivity index (χ4v) is 11.5. The van der Waals surface area contributed by atoms with E-state index in [1.165, 1.54) is 6.33 Å². The number of nitrogens with zero attached hydrogens (tertiary/aromatic N) is 6. The summed E-state index contributed by atoms with van der Waals surface area (Å²) in [6.45, 7) is 19.6. The molecule has 0 radical (unpaired) electrons. The minimum atomic E-state index is -2.66. The molecule has 6 aromatic rings. The summed E-state index contributed by atoms with van der Waals surface area (Å²) >= 11 is 0. The van der Waals surface area contributed by atoms with Gasteiger partial charge in [-0.3, -0.25) is 9.36 Å². The lowest BCUT2D eigenvalue weighted by atomic mass is 9.80. The Bertz CT molecular complexity index is 2620. The lowest BCUT2D eigenvalue weighted by Crippen LogP contribution is -2.50. The quantitative estimate of drug-likeness (QED) is 0.0314. The largest absolute Gasteiger partial charge is 0.497 e. The molecule has 1 aliphatic heterocycles. The van der Waals surface area contributed by atoms with Crippen LogP contribution in [-0.4, -0.2) is 96.2 Å². The minimum Gasteiger partial charge on any atom is -0.497 e. The summed E-state index contributed by atoms with van der Waals surface area (Å²) in [6.07, 6.45) is -0.0410. The third-order valence-corrected chi connectivity index (χ3v) is 19.5. The van der Waals surface area contributed by atoms with Crippen LogP contribution in [0.5, 0.6) is 11.5 Å². The molecule has 0 aliphatic carbocycles. The van der Waals surface area contributed by atoms with E-state index in [1.54, 1.807) is 44.8 Å². The molecule has 7 rings (SSSR count). The number of hydrogen-bond acceptors (Lipinski definition) is 13. The van der Waals surface area contributed by atoms with Crippen LogP contribution >= 0.6 is 8.53 Å². The van der Waals surface area contributed by atoms with Crippen LogP contribution in [0.25, 0.3) is 11.2 Å². The Hall–Kier alpha value is -5.60. The van der Waals surface area contributed by atoms with Crippen LogP contribution in [0.1, 0.15) is 88.2 Å². The summed E-state index contributed by atoms with van der Waals surface area (Å²) in [4.78, 5) is 27.5. The molecule has 1 saturated heterocycles. The van der Waals surface area contributed by atoms with Gasteiger partial charge in [-0.15, -0.1) is 0 Å². The molecule has 17 heteroatoms. The highest BCUT2D eigenvalue weighted by Crippen LogP contribution is 2.53. The van der Waals surface area contributed by atoms with E-state index >= 15 is 0 Å². The van der Waals surface area contributed by atoms with E-state index < -0.39 is 47.0 Å². The van der Waals surface area contributed by atoms with Gasteiger partial charge in [0.15, 0.2) is 31.5 Å². The van der Waals surface area contributed by atoms with Crippen LogP contribution < -0.4 is 14.8 Å². The van der Waals surface area contributed by atoms with E-state index in [1.807, 2.05) is 77.4 Å². The molecular formula is C53H66N7O8PSi. The maximum Gasteiger partial charge on any atom is 0.259 e. The topological polar surface area (TPSA) is 164 Å². The fraction of sp³-hybridized carbons (Fsp3) is 0.415. The van der Waals surface area contributed by atoms with Gasteiger partial charge in [-0.25, -0.2) is 19.6 Å². The number of fused-ring (bicyclic) bond motifs is 1. The molecule has 70 heavy (non-hydrogen) atoms. The van der Waals surface area contributed by atoms with Crippen molar-refractivity contribution in [2.75, 3.05) is 32.8 Å². The summed E-state index contributed by atoms with van der Waals surface area (Å²) in [5.74, 6) is 1.31. The van der Waals surface area contributed by atoms with Crippen molar-refractivity contribution in [3.63, 3.8) is 0 Å². The normalized spacial score (nSPS) is 18.1. The van der Waals surface area contributed by atoms with Crippen LogP contribution in [0, 0.1) is 11.3 Å². The number of benzene rings is 4. The van der Waals surface area contributed by atoms with Crippen molar-refractivity contribution in [3.8, 4) is 17.6 Å². The molecule has 1 aliphatic rings. The van der Waals surface area contributed by atoms with Gasteiger partial charge in [-0.2, -0.15) is 5.26 Å². The van der Waals surface area contributed by atoms with Crippen LogP contribution in [0.15, 0.2) is 122 Å². The van der Waals surface area contributed by atoms with Gasteiger partial charge in [0.05, 0.1) is 46.3 Å². The zero-order valence-electron chi connectivity index (χ0n) is 42.0. The fourth-order valence-electron chi connectivity index (χ4n) is 8.41. The number of nitriles is 1. The molecule has 1 amide bonds. The average molecular weight is 988 g/mol. The van der Waals surface area contributed by atoms with Crippen molar-refractivity contribution in [2.24, 2.45) is 0 Å². The zero-order valence-corrected chi connectivity index (χ0v) is 43.9. The van der Waals surface area contributed by atoms with Crippen LogP contribution in [0.3, 0.4) is 0 Å². The molecule has 0 spiro atoms. The number of methoxy groups -OCH3 is 2. The summed E-state index contributed by atoms with van der Waals surface area (Å²) in [6, 6.07) is 37.0. The molecule has 3 heterocycles. The molecule has 0 bridgehead atoms. The van der Waals surface area contributed by atoms with Gasteiger partial charge in [0.1, 0.15) is 41.7 Å². The second-order valence-electron chi connectivity index (χ2n) is 19.2. The Balaban J connectivity index is 1.41. The summed E-state index contributed by atoms with van der Waals surface area (Å²) in [5.41, 5.74) is 2.64. The number of anilines is 1. The van der Waals surface area contributed by atoms with Crippen molar-refractivity contribution in [1.29, 1.82) is 5.26 Å². The van der Waals surface area contributed by atoms with Gasteiger partial charge in [-0.1, -0.05) is 93.6 Å². The number of nitrogens with one attached hydrogen (secondary N) is 1. The zero-order chi connectivity index (χ0) is 50.2. The van der Waals surface area contributed by atoms with Gasteiger partial charge in [-0.05, 0) is 98.9 Å². The standard InChI is InChI=1S/C53H66N7O8PSi/c1-36(2)60(37(3)4)69(65-32-18-31-54)67-46-44(33-64-53(39-21-16-13-17-22-39,40-23-27-42(62-8)28-24-40)41-25-29-43(63-9)30-26-41)66-51(47(46)68-70(10,11)52(5,6)7)59-35-57-45-48(55-34-56-49(45)59)58-50(61)38-19-14-12-15-20-38/h12-17,19-30,34-37,44,46-47,51H,18,32-33H2,1-11H3,(H,55,56,58,61)/t44-,46+,47-,51-,69?/m1/s1. The first-order valence-electron chi connectivity index (χ1n) is 23.6. The summed E-state index contributed by atoms with van der Waals surface area (Å²) < 4.78 is 51.8. The number of carbonyl (C=O) groups excluding carboxylic acids is 1. The number of imidazole rings is 1. The summed E-state index contributed by atoms with van der Waals surface area (Å²) in [5, 5.41) is 12.4. The van der Waals surface area contributed by atoms with Crippen molar-refractivity contribution >= 4 is 39.7 Å². The number of hydrogen-bond donors (Lipinski definition) is 1. The lowest BCUT2D eigenvalue weighted by molar-refractivity contribution is -0.0926. The van der Waals surface area contributed by atoms with Crippen molar-refractivity contribution in [1.82, 2.24) is 24.2 Å². The highest BCUT2D eigenvalue weighted by atomic mass is 31.2. The Morgan fingerprint density at radius 3 is 1.94 bits per heavy atom. The van der Waals surface area contributed by atoms with E-state index in [4.69, 9.17) is 42.4 Å². The molecule has 1 N–H and O–H groups in total. The van der Waals surface area contributed by atoms with Crippen molar-refractivity contribution in [2.45, 2.75) is 115 Å². The third kappa shape index (κ3) is 11.3. The molecule has 5 atom stereocenters. The third-order valence-electron chi connectivity index (χ3n) is 12.9. The number of amides is 1. The first kappa shape index (κ1) is 52.2. The highest BCUT2D eigenvalue weighted by Gasteiger charge is 2.54. The van der Waals surface area contributed by atoms with Crippen molar-refractivity contribution < 1.29 is 37.2 Å². The van der Waals surface area contributed by atoms with Crippen LogP contribution in [-0.2, 0) is 28.5 Å². The van der Waals surface area contributed by atoms with Gasteiger partial charge >= 0.3 is 0 Å². The molecular weight excluding hydrogens is 922 g/mol. The number of aromatic nitrogens is 4. The Morgan fingerprint density at radius 2 is 1.40 bits per heavy atom. The molecule has 1 unspecified atom stereocenters. The Labute approximate surface area is 414 Å². The number of rotatable bonds is 21. The van der Waals surface area contributed by atoms with Crippen LogP contribution in [0.4, 0.5) is 5.82 Å². The second kappa shape index (κ2) is 22.6. The molecule has 4 aromatic carbocycles. The predicted octanol–water partition coefficient (Wildman–Crippen LogP) is 11.1. The monoisotopic (exact) mass is 987 g/mol. The van der Waals surface area contributed by atoms with Gasteiger partial charge < -0.3 is 37.7 Å². The Morgan fingerprint density at radius 1 is 0.829 bits per heavy atom. The first-order chi connectivity index (χ1) is 33.5. The maximum atomic E-state index is 13.5. The van der Waals surface area contributed by atoms with E-state index in [0.717, 1.165) is 16.7 Å². The van der Waals surface area contributed by atoms with Gasteiger partial charge in [0.25, 0.3) is 14.4 Å². The second-order valence-corrected chi connectivity index (χ2v) is 25.4. The smallest absolute Gasteiger partial charge is 0.259 e. The molecule has 0 saturated carbocycles. The van der Waals surface area contributed by atoms with Crippen LogP contribution in [0.2, 0.25) is 18.1 Å². The molecule has 2 aromatic heterocycles. The first-order valence-corrected chi connectivity index (χ1v) is 27.7. The van der Waals surface area contributed by atoms with E-state index in [9.17, 15) is 10.1 Å².